The molecule has 0 amide bonds. The zero-order valence-corrected chi connectivity index (χ0v) is 7.10. The number of aromatic nitrogens is 2. The van der Waals surface area contributed by atoms with Crippen molar-refractivity contribution in [3.63, 3.8) is 0 Å². The Morgan fingerprint density at radius 3 is 3.15 bits per heavy atom. The standard InChI is InChI=1S/C9H8N2O2/c1-13-9(12)7-5-8-3-2-4-10-11(8)6-7/h2-6H,1H3. The molecule has 2 rings (SSSR count). The molecule has 0 aromatic carbocycles. The Kier molecular flexibility index (Phi) is 1.73. The second kappa shape index (κ2) is 2.90. The van der Waals surface area contributed by atoms with Crippen LogP contribution >= 0.6 is 0 Å². The maximum Gasteiger partial charge on any atom is 0.339 e. The molecule has 2 aromatic heterocycles. The summed E-state index contributed by atoms with van der Waals surface area (Å²) in [5, 5.41) is 4.03. The molecule has 0 radical (unpaired) electrons. The molecule has 2 aromatic rings. The van der Waals surface area contributed by atoms with Crippen LogP contribution < -0.4 is 0 Å². The molecule has 0 aliphatic heterocycles. The number of esters is 1. The fourth-order valence-electron chi connectivity index (χ4n) is 1.17. The summed E-state index contributed by atoms with van der Waals surface area (Å²) in [5.74, 6) is -0.342. The van der Waals surface area contributed by atoms with Gasteiger partial charge in [0.15, 0.2) is 0 Å². The SMILES string of the molecule is COC(=O)c1cc2cccnn2c1. The largest absolute Gasteiger partial charge is 0.465 e. The Bertz CT molecular complexity index is 415. The first-order chi connectivity index (χ1) is 6.31. The van der Waals surface area contributed by atoms with Gasteiger partial charge in [0, 0.05) is 12.4 Å². The number of hydrogen-bond acceptors (Lipinski definition) is 3. The van der Waals surface area contributed by atoms with E-state index in [1.807, 2.05) is 12.1 Å². The monoisotopic (exact) mass is 176 g/mol. The molecule has 0 spiro atoms. The van der Waals surface area contributed by atoms with Crippen LogP contribution in [0.15, 0.2) is 30.6 Å². The van der Waals surface area contributed by atoms with Crippen molar-refractivity contribution < 1.29 is 9.53 Å². The van der Waals surface area contributed by atoms with Gasteiger partial charge in [-0.15, -0.1) is 0 Å². The van der Waals surface area contributed by atoms with Gasteiger partial charge >= 0.3 is 5.97 Å². The van der Waals surface area contributed by atoms with E-state index in [0.717, 1.165) is 5.52 Å². The Hall–Kier alpha value is -1.84. The van der Waals surface area contributed by atoms with Crippen molar-refractivity contribution in [1.82, 2.24) is 9.61 Å². The lowest BCUT2D eigenvalue weighted by atomic mass is 10.3. The molecule has 0 aliphatic carbocycles. The summed E-state index contributed by atoms with van der Waals surface area (Å²) in [6, 6.07) is 5.43. The molecular weight excluding hydrogens is 168 g/mol. The van der Waals surface area contributed by atoms with E-state index in [-0.39, 0.29) is 5.97 Å². The first kappa shape index (κ1) is 7.79. The smallest absolute Gasteiger partial charge is 0.339 e. The third kappa shape index (κ3) is 1.26. The van der Waals surface area contributed by atoms with Gasteiger partial charge in [0.2, 0.25) is 0 Å². The van der Waals surface area contributed by atoms with E-state index in [2.05, 4.69) is 9.84 Å². The van der Waals surface area contributed by atoms with Crippen LogP contribution in [0.1, 0.15) is 10.4 Å². The van der Waals surface area contributed by atoms with Crippen molar-refractivity contribution in [2.45, 2.75) is 0 Å². The van der Waals surface area contributed by atoms with Gasteiger partial charge in [-0.3, -0.25) is 0 Å². The number of methoxy groups -OCH3 is 1. The highest BCUT2D eigenvalue weighted by molar-refractivity contribution is 5.90. The maximum absolute atomic E-state index is 11.1. The zero-order valence-electron chi connectivity index (χ0n) is 7.10. The minimum absolute atomic E-state index is 0.342. The predicted octanol–water partition coefficient (Wildman–Crippen LogP) is 1.12. The summed E-state index contributed by atoms with van der Waals surface area (Å²) in [7, 11) is 1.36. The third-order valence-corrected chi connectivity index (χ3v) is 1.79. The average molecular weight is 176 g/mol. The lowest BCUT2D eigenvalue weighted by Gasteiger charge is -1.90. The van der Waals surface area contributed by atoms with Crippen LogP contribution in [0.25, 0.3) is 5.52 Å². The molecule has 0 saturated heterocycles. The second-order valence-electron chi connectivity index (χ2n) is 2.61. The molecule has 0 unspecified atom stereocenters. The predicted molar refractivity (Wildman–Crippen MR) is 46.5 cm³/mol. The summed E-state index contributed by atoms with van der Waals surface area (Å²) in [6.07, 6.45) is 3.30. The van der Waals surface area contributed by atoms with Crippen LogP contribution in [0.5, 0.6) is 0 Å². The molecule has 0 N–H and O–H groups in total. The van der Waals surface area contributed by atoms with E-state index in [9.17, 15) is 4.79 Å². The van der Waals surface area contributed by atoms with E-state index < -0.39 is 0 Å². The fraction of sp³-hybridized carbons (Fsp3) is 0.111. The molecule has 0 fully saturated rings. The van der Waals surface area contributed by atoms with E-state index >= 15 is 0 Å². The van der Waals surface area contributed by atoms with Crippen LogP contribution in [0.4, 0.5) is 0 Å². The van der Waals surface area contributed by atoms with Gasteiger partial charge in [0.1, 0.15) is 0 Å². The zero-order chi connectivity index (χ0) is 9.26. The van der Waals surface area contributed by atoms with E-state index in [1.54, 1.807) is 23.0 Å². The van der Waals surface area contributed by atoms with E-state index in [4.69, 9.17) is 0 Å². The molecule has 66 valence electrons. The summed E-state index contributed by atoms with van der Waals surface area (Å²) in [6.45, 7) is 0. The number of carbonyl (C=O) groups is 1. The molecule has 4 nitrogen and oxygen atoms in total. The maximum atomic E-state index is 11.1. The minimum Gasteiger partial charge on any atom is -0.465 e. The number of fused-ring (bicyclic) bond motifs is 1. The summed E-state index contributed by atoms with van der Waals surface area (Å²) >= 11 is 0. The van der Waals surface area contributed by atoms with Gasteiger partial charge in [-0.1, -0.05) is 0 Å². The third-order valence-electron chi connectivity index (χ3n) is 1.79. The summed E-state index contributed by atoms with van der Waals surface area (Å²) in [5.41, 5.74) is 1.39. The number of nitrogens with zero attached hydrogens (tertiary/aromatic N) is 2. The van der Waals surface area contributed by atoms with Gasteiger partial charge in [-0.2, -0.15) is 5.10 Å². The molecule has 0 atom stereocenters. The minimum atomic E-state index is -0.342. The van der Waals surface area contributed by atoms with Gasteiger partial charge in [0.25, 0.3) is 0 Å². The van der Waals surface area contributed by atoms with Crippen molar-refractivity contribution in [1.29, 1.82) is 0 Å². The molecule has 0 aliphatic rings. The van der Waals surface area contributed by atoms with Crippen LogP contribution in [0, 0.1) is 0 Å². The topological polar surface area (TPSA) is 43.6 Å². The first-order valence-electron chi connectivity index (χ1n) is 3.83. The molecular formula is C9H8N2O2. The van der Waals surface area contributed by atoms with E-state index in [1.165, 1.54) is 7.11 Å². The van der Waals surface area contributed by atoms with Crippen molar-refractivity contribution >= 4 is 11.5 Å². The first-order valence-corrected chi connectivity index (χ1v) is 3.83. The van der Waals surface area contributed by atoms with Gasteiger partial charge < -0.3 is 4.74 Å². The lowest BCUT2D eigenvalue weighted by molar-refractivity contribution is 0.0601. The number of rotatable bonds is 1. The van der Waals surface area contributed by atoms with Crippen molar-refractivity contribution in [2.24, 2.45) is 0 Å². The van der Waals surface area contributed by atoms with Crippen LogP contribution in [0.3, 0.4) is 0 Å². The van der Waals surface area contributed by atoms with Gasteiger partial charge in [-0.25, -0.2) is 9.31 Å². The van der Waals surface area contributed by atoms with Crippen LogP contribution in [-0.2, 0) is 4.74 Å². The Labute approximate surface area is 74.7 Å². The lowest BCUT2D eigenvalue weighted by Crippen LogP contribution is -1.98. The average Bonchev–Trinajstić information content (AvgIpc) is 2.59. The quantitative estimate of drug-likeness (QED) is 0.611. The van der Waals surface area contributed by atoms with E-state index in [0.29, 0.717) is 5.56 Å². The van der Waals surface area contributed by atoms with Crippen molar-refractivity contribution in [3.05, 3.63) is 36.2 Å². The van der Waals surface area contributed by atoms with Crippen molar-refractivity contribution in [3.8, 4) is 0 Å². The molecule has 0 saturated carbocycles. The Balaban J connectivity index is 2.56. The molecule has 13 heavy (non-hydrogen) atoms. The highest BCUT2D eigenvalue weighted by Gasteiger charge is 2.07. The molecule has 4 heteroatoms. The van der Waals surface area contributed by atoms with Crippen LogP contribution in [-0.4, -0.2) is 22.7 Å². The summed E-state index contributed by atoms with van der Waals surface area (Å²) in [4.78, 5) is 11.1. The number of ether oxygens (including phenoxy) is 1. The number of hydrogen-bond donors (Lipinski definition) is 0. The van der Waals surface area contributed by atoms with Crippen molar-refractivity contribution in [2.75, 3.05) is 7.11 Å². The van der Waals surface area contributed by atoms with Crippen LogP contribution in [0.2, 0.25) is 0 Å². The molecule has 0 bridgehead atoms. The van der Waals surface area contributed by atoms with Gasteiger partial charge in [0.05, 0.1) is 18.2 Å². The highest BCUT2D eigenvalue weighted by Crippen LogP contribution is 2.08. The Morgan fingerprint density at radius 1 is 1.62 bits per heavy atom. The van der Waals surface area contributed by atoms with Gasteiger partial charge in [-0.05, 0) is 18.2 Å². The second-order valence-corrected chi connectivity index (χ2v) is 2.61. The number of carbonyl (C=O) groups excluding carboxylic acids is 1. The Morgan fingerprint density at radius 2 is 2.46 bits per heavy atom. The summed E-state index contributed by atoms with van der Waals surface area (Å²) < 4.78 is 6.22. The highest BCUT2D eigenvalue weighted by atomic mass is 16.5. The molecule has 2 heterocycles. The fourth-order valence-corrected chi connectivity index (χ4v) is 1.17. The normalized spacial score (nSPS) is 10.2.